The Bertz CT molecular complexity index is 565. The smallest absolute Gasteiger partial charge is 0.134 e. The first kappa shape index (κ1) is 14.8. The molecule has 0 fully saturated rings. The molecule has 20 heavy (non-hydrogen) atoms. The fraction of sp³-hybridized carbons (Fsp3) is 0.467. The van der Waals surface area contributed by atoms with E-state index in [0.29, 0.717) is 0 Å². The molecule has 4 nitrogen and oxygen atoms in total. The summed E-state index contributed by atoms with van der Waals surface area (Å²) in [5.41, 5.74) is 1.07. The number of rotatable bonds is 6. The molecule has 5 heteroatoms. The van der Waals surface area contributed by atoms with E-state index in [2.05, 4.69) is 53.5 Å². The molecule has 0 aliphatic heterocycles. The minimum Gasteiger partial charge on any atom is -0.370 e. The van der Waals surface area contributed by atoms with Gasteiger partial charge < -0.3 is 10.6 Å². The lowest BCUT2D eigenvalue weighted by Crippen LogP contribution is -2.11. The Labute approximate surface area is 124 Å². The Hall–Kier alpha value is -1.62. The average molecular weight is 290 g/mol. The van der Waals surface area contributed by atoms with Gasteiger partial charge in [0.05, 0.1) is 6.04 Å². The first-order valence-electron chi connectivity index (χ1n) is 7.00. The summed E-state index contributed by atoms with van der Waals surface area (Å²) in [5.74, 6) is 1.82. The SMILES string of the molecule is CCCNc1ncnc(NC(C)c2ccc(C)s2)c1C. The molecule has 0 saturated heterocycles. The van der Waals surface area contributed by atoms with Gasteiger partial charge in [-0.05, 0) is 39.3 Å². The molecule has 1 unspecified atom stereocenters. The second-order valence-electron chi connectivity index (χ2n) is 4.94. The zero-order chi connectivity index (χ0) is 14.5. The van der Waals surface area contributed by atoms with Gasteiger partial charge in [-0.15, -0.1) is 11.3 Å². The Kier molecular flexibility index (Phi) is 4.95. The van der Waals surface area contributed by atoms with Crippen LogP contribution in [0.4, 0.5) is 11.6 Å². The number of nitrogens with one attached hydrogen (secondary N) is 2. The van der Waals surface area contributed by atoms with E-state index in [1.807, 2.05) is 18.3 Å². The van der Waals surface area contributed by atoms with Gasteiger partial charge in [0, 0.05) is 21.9 Å². The summed E-state index contributed by atoms with van der Waals surface area (Å²) in [7, 11) is 0. The van der Waals surface area contributed by atoms with Crippen molar-refractivity contribution in [1.82, 2.24) is 9.97 Å². The van der Waals surface area contributed by atoms with E-state index < -0.39 is 0 Å². The molecule has 2 aromatic rings. The van der Waals surface area contributed by atoms with Crippen LogP contribution in [-0.2, 0) is 0 Å². The van der Waals surface area contributed by atoms with Gasteiger partial charge in [0.1, 0.15) is 18.0 Å². The third kappa shape index (κ3) is 3.48. The second-order valence-corrected chi connectivity index (χ2v) is 6.26. The summed E-state index contributed by atoms with van der Waals surface area (Å²) in [6, 6.07) is 4.57. The molecule has 2 aromatic heterocycles. The van der Waals surface area contributed by atoms with Gasteiger partial charge >= 0.3 is 0 Å². The summed E-state index contributed by atoms with van der Waals surface area (Å²) in [6.45, 7) is 9.41. The Morgan fingerprint density at radius 2 is 1.95 bits per heavy atom. The van der Waals surface area contributed by atoms with Crippen molar-refractivity contribution in [2.24, 2.45) is 0 Å². The summed E-state index contributed by atoms with van der Waals surface area (Å²) in [5, 5.41) is 6.81. The fourth-order valence-corrected chi connectivity index (χ4v) is 2.86. The molecule has 0 aliphatic rings. The molecule has 2 N–H and O–H groups in total. The molecule has 0 radical (unpaired) electrons. The monoisotopic (exact) mass is 290 g/mol. The lowest BCUT2D eigenvalue weighted by molar-refractivity contribution is 0.886. The first-order chi connectivity index (χ1) is 9.61. The molecule has 2 heterocycles. The number of hydrogen-bond acceptors (Lipinski definition) is 5. The van der Waals surface area contributed by atoms with Crippen LogP contribution in [0.5, 0.6) is 0 Å². The summed E-state index contributed by atoms with van der Waals surface area (Å²) in [6.07, 6.45) is 2.69. The van der Waals surface area contributed by atoms with Crippen LogP contribution in [0.2, 0.25) is 0 Å². The van der Waals surface area contributed by atoms with Crippen molar-refractivity contribution in [3.63, 3.8) is 0 Å². The van der Waals surface area contributed by atoms with Gasteiger partial charge in [0.15, 0.2) is 0 Å². The molecular formula is C15H22N4S. The van der Waals surface area contributed by atoms with Crippen LogP contribution in [0.15, 0.2) is 18.5 Å². The number of nitrogens with zero attached hydrogens (tertiary/aromatic N) is 2. The third-order valence-electron chi connectivity index (χ3n) is 3.17. The average Bonchev–Trinajstić information content (AvgIpc) is 2.86. The topological polar surface area (TPSA) is 49.8 Å². The minimum absolute atomic E-state index is 0.251. The van der Waals surface area contributed by atoms with Crippen molar-refractivity contribution in [1.29, 1.82) is 0 Å². The number of hydrogen-bond donors (Lipinski definition) is 2. The van der Waals surface area contributed by atoms with E-state index in [-0.39, 0.29) is 6.04 Å². The largest absolute Gasteiger partial charge is 0.370 e. The number of aryl methyl sites for hydroxylation is 1. The maximum atomic E-state index is 4.36. The van der Waals surface area contributed by atoms with Crippen molar-refractivity contribution in [3.8, 4) is 0 Å². The van der Waals surface area contributed by atoms with Gasteiger partial charge in [0.2, 0.25) is 0 Å². The van der Waals surface area contributed by atoms with Crippen molar-refractivity contribution in [2.75, 3.05) is 17.2 Å². The van der Waals surface area contributed by atoms with Gasteiger partial charge in [-0.3, -0.25) is 0 Å². The van der Waals surface area contributed by atoms with E-state index >= 15 is 0 Å². The van der Waals surface area contributed by atoms with Gasteiger partial charge in [-0.2, -0.15) is 0 Å². The Morgan fingerprint density at radius 1 is 1.20 bits per heavy atom. The molecule has 0 spiro atoms. The standard InChI is InChI=1S/C15H22N4S/c1-5-8-16-14-11(3)15(18-9-17-14)19-12(4)13-7-6-10(2)20-13/h6-7,9,12H,5,8H2,1-4H3,(H2,16,17,18,19). The third-order valence-corrected chi connectivity index (χ3v) is 4.35. The molecule has 0 amide bonds. The quantitative estimate of drug-likeness (QED) is 0.839. The number of thiophene rings is 1. The number of anilines is 2. The van der Waals surface area contributed by atoms with Crippen molar-refractivity contribution in [2.45, 2.75) is 40.2 Å². The minimum atomic E-state index is 0.251. The fourth-order valence-electron chi connectivity index (χ4n) is 1.98. The van der Waals surface area contributed by atoms with Crippen molar-refractivity contribution in [3.05, 3.63) is 33.8 Å². The molecule has 2 rings (SSSR count). The molecule has 0 aromatic carbocycles. The number of aromatic nitrogens is 2. The van der Waals surface area contributed by atoms with Crippen LogP contribution in [0.1, 0.15) is 41.6 Å². The summed E-state index contributed by atoms with van der Waals surface area (Å²) >= 11 is 1.82. The maximum Gasteiger partial charge on any atom is 0.134 e. The van der Waals surface area contributed by atoms with Crippen molar-refractivity contribution >= 4 is 23.0 Å². The van der Waals surface area contributed by atoms with Gasteiger partial charge in [-0.1, -0.05) is 6.92 Å². The van der Waals surface area contributed by atoms with E-state index in [1.54, 1.807) is 6.33 Å². The lowest BCUT2D eigenvalue weighted by atomic mass is 10.2. The molecule has 1 atom stereocenters. The highest BCUT2D eigenvalue weighted by Gasteiger charge is 2.12. The van der Waals surface area contributed by atoms with Gasteiger partial charge in [0.25, 0.3) is 0 Å². The van der Waals surface area contributed by atoms with E-state index in [0.717, 1.165) is 30.2 Å². The van der Waals surface area contributed by atoms with Crippen molar-refractivity contribution < 1.29 is 0 Å². The first-order valence-corrected chi connectivity index (χ1v) is 7.81. The second kappa shape index (κ2) is 6.70. The van der Waals surface area contributed by atoms with E-state index in [1.165, 1.54) is 9.75 Å². The highest BCUT2D eigenvalue weighted by molar-refractivity contribution is 7.12. The zero-order valence-corrected chi connectivity index (χ0v) is 13.3. The van der Waals surface area contributed by atoms with Crippen LogP contribution in [0.3, 0.4) is 0 Å². The van der Waals surface area contributed by atoms with Crippen LogP contribution in [0.25, 0.3) is 0 Å². The van der Waals surface area contributed by atoms with Crippen LogP contribution in [-0.4, -0.2) is 16.5 Å². The Balaban J connectivity index is 2.12. The van der Waals surface area contributed by atoms with Gasteiger partial charge in [-0.25, -0.2) is 9.97 Å². The summed E-state index contributed by atoms with van der Waals surface area (Å²) < 4.78 is 0. The highest BCUT2D eigenvalue weighted by atomic mass is 32.1. The maximum absolute atomic E-state index is 4.36. The van der Waals surface area contributed by atoms with E-state index in [9.17, 15) is 0 Å². The Morgan fingerprint density at radius 3 is 2.60 bits per heavy atom. The zero-order valence-electron chi connectivity index (χ0n) is 12.5. The summed E-state index contributed by atoms with van der Waals surface area (Å²) in [4.78, 5) is 11.3. The molecular weight excluding hydrogens is 268 g/mol. The van der Waals surface area contributed by atoms with E-state index in [4.69, 9.17) is 0 Å². The predicted octanol–water partition coefficient (Wildman–Crippen LogP) is 4.15. The predicted molar refractivity (Wildman–Crippen MR) is 86.6 cm³/mol. The lowest BCUT2D eigenvalue weighted by Gasteiger charge is -2.16. The highest BCUT2D eigenvalue weighted by Crippen LogP contribution is 2.27. The normalized spacial score (nSPS) is 12.2. The molecule has 0 bridgehead atoms. The van der Waals surface area contributed by atoms with Crippen LogP contribution in [0, 0.1) is 13.8 Å². The molecule has 0 aliphatic carbocycles. The van der Waals surface area contributed by atoms with Crippen LogP contribution >= 0.6 is 11.3 Å². The molecule has 0 saturated carbocycles. The molecule has 108 valence electrons. The van der Waals surface area contributed by atoms with Crippen LogP contribution < -0.4 is 10.6 Å².